The Labute approximate surface area is 186 Å². The third kappa shape index (κ3) is 3.49. The second-order valence-electron chi connectivity index (χ2n) is 8.48. The van der Waals surface area contributed by atoms with E-state index in [-0.39, 0.29) is 11.5 Å². The molecule has 7 heteroatoms. The van der Waals surface area contributed by atoms with Crippen molar-refractivity contribution in [2.75, 3.05) is 5.73 Å². The molecule has 0 saturated heterocycles. The van der Waals surface area contributed by atoms with E-state index in [4.69, 9.17) is 15.6 Å². The molecule has 32 heavy (non-hydrogen) atoms. The summed E-state index contributed by atoms with van der Waals surface area (Å²) in [5.74, 6) is 1.94. The first-order chi connectivity index (χ1) is 15.6. The molecule has 0 amide bonds. The lowest BCUT2D eigenvalue weighted by molar-refractivity contribution is -0.112. The van der Waals surface area contributed by atoms with Gasteiger partial charge in [0.1, 0.15) is 35.6 Å². The molecule has 5 rings (SSSR count). The zero-order valence-electron chi connectivity index (χ0n) is 17.9. The number of nitrogen functional groups attached to an aromatic ring is 1. The van der Waals surface area contributed by atoms with Crippen LogP contribution < -0.4 is 10.5 Å². The van der Waals surface area contributed by atoms with Crippen molar-refractivity contribution < 1.29 is 9.53 Å². The Morgan fingerprint density at radius 3 is 2.50 bits per heavy atom. The molecular formula is C25H25N5O2. The Hall–Kier alpha value is -3.74. The molecule has 2 aromatic carbocycles. The zero-order chi connectivity index (χ0) is 22.1. The molecule has 1 aliphatic rings. The van der Waals surface area contributed by atoms with Crippen LogP contribution in [0.25, 0.3) is 22.3 Å². The summed E-state index contributed by atoms with van der Waals surface area (Å²) < 4.78 is 7.87. The van der Waals surface area contributed by atoms with E-state index < -0.39 is 0 Å². The van der Waals surface area contributed by atoms with Crippen LogP contribution in [0.5, 0.6) is 11.5 Å². The van der Waals surface area contributed by atoms with Crippen LogP contribution in [0.1, 0.15) is 38.6 Å². The fourth-order valence-corrected chi connectivity index (χ4v) is 4.65. The number of nitrogens with zero attached hydrogens (tertiary/aromatic N) is 4. The van der Waals surface area contributed by atoms with Gasteiger partial charge in [0, 0.05) is 12.0 Å². The maximum atomic E-state index is 11.1. The lowest BCUT2D eigenvalue weighted by atomic mass is 9.62. The van der Waals surface area contributed by atoms with Gasteiger partial charge in [-0.05, 0) is 61.1 Å². The number of carbonyl (C=O) groups excluding carboxylic acids is 1. The first-order valence-electron chi connectivity index (χ1n) is 10.9. The molecule has 2 heterocycles. The van der Waals surface area contributed by atoms with Crippen LogP contribution in [0.3, 0.4) is 0 Å². The van der Waals surface area contributed by atoms with E-state index in [1.807, 2.05) is 59.3 Å². The van der Waals surface area contributed by atoms with Crippen LogP contribution in [0.15, 0.2) is 60.9 Å². The molecule has 162 valence electrons. The van der Waals surface area contributed by atoms with Gasteiger partial charge in [0.05, 0.1) is 11.4 Å². The highest BCUT2D eigenvalue weighted by atomic mass is 16.5. The molecular weight excluding hydrogens is 402 g/mol. The second-order valence-corrected chi connectivity index (χ2v) is 8.48. The first-order valence-corrected chi connectivity index (χ1v) is 10.9. The lowest BCUT2D eigenvalue weighted by Gasteiger charge is -2.46. The summed E-state index contributed by atoms with van der Waals surface area (Å²) in [5.41, 5.74) is 8.73. The smallest absolute Gasteiger partial charge is 0.164 e. The molecule has 0 radical (unpaired) electrons. The molecule has 0 spiro atoms. The number of fused-ring (bicyclic) bond motifs is 1. The van der Waals surface area contributed by atoms with Gasteiger partial charge in [0.15, 0.2) is 5.65 Å². The summed E-state index contributed by atoms with van der Waals surface area (Å²) in [4.78, 5) is 19.8. The van der Waals surface area contributed by atoms with E-state index in [1.165, 1.54) is 6.33 Å². The van der Waals surface area contributed by atoms with Gasteiger partial charge in [-0.2, -0.15) is 5.10 Å². The van der Waals surface area contributed by atoms with E-state index in [2.05, 4.69) is 16.9 Å². The maximum absolute atomic E-state index is 11.1. The summed E-state index contributed by atoms with van der Waals surface area (Å²) in [6, 6.07) is 17.6. The number of aldehydes is 1. The van der Waals surface area contributed by atoms with Crippen molar-refractivity contribution >= 4 is 23.1 Å². The van der Waals surface area contributed by atoms with Gasteiger partial charge in [0.25, 0.3) is 0 Å². The Morgan fingerprint density at radius 1 is 1.09 bits per heavy atom. The molecule has 1 fully saturated rings. The Kier molecular flexibility index (Phi) is 5.09. The average molecular weight is 428 g/mol. The van der Waals surface area contributed by atoms with E-state index in [9.17, 15) is 4.79 Å². The summed E-state index contributed by atoms with van der Waals surface area (Å²) in [7, 11) is 0. The minimum atomic E-state index is 0.0693. The molecule has 0 bridgehead atoms. The normalized spacial score (nSPS) is 20.1. The fourth-order valence-electron chi connectivity index (χ4n) is 4.65. The summed E-state index contributed by atoms with van der Waals surface area (Å²) in [6.07, 6.45) is 5.90. The van der Waals surface area contributed by atoms with Crippen LogP contribution in [0, 0.1) is 5.41 Å². The predicted octanol–water partition coefficient (Wildman–Crippen LogP) is 5.19. The van der Waals surface area contributed by atoms with E-state index in [1.54, 1.807) is 0 Å². The maximum Gasteiger partial charge on any atom is 0.164 e. The van der Waals surface area contributed by atoms with Crippen molar-refractivity contribution in [2.24, 2.45) is 5.41 Å². The number of rotatable bonds is 7. The van der Waals surface area contributed by atoms with Crippen LogP contribution in [-0.4, -0.2) is 26.0 Å². The number of anilines is 1. The topological polar surface area (TPSA) is 95.9 Å². The summed E-state index contributed by atoms with van der Waals surface area (Å²) in [5, 5.41) is 5.68. The molecule has 4 aromatic rings. The van der Waals surface area contributed by atoms with Crippen LogP contribution in [0.2, 0.25) is 0 Å². The molecule has 2 N–H and O–H groups in total. The number of hydrogen-bond donors (Lipinski definition) is 1. The molecule has 0 unspecified atom stereocenters. The Morgan fingerprint density at radius 2 is 1.81 bits per heavy atom. The number of hydrogen-bond acceptors (Lipinski definition) is 6. The molecule has 0 atom stereocenters. The highest BCUT2D eigenvalue weighted by molar-refractivity contribution is 5.98. The zero-order valence-corrected chi connectivity index (χ0v) is 17.9. The summed E-state index contributed by atoms with van der Waals surface area (Å²) in [6.45, 7) is 2.14. The fraction of sp³-hybridized carbons (Fsp3) is 0.280. The molecule has 1 saturated carbocycles. The number of ether oxygens (including phenoxy) is 1. The second kappa shape index (κ2) is 8.07. The third-order valence-electron chi connectivity index (χ3n) is 6.57. The van der Waals surface area contributed by atoms with E-state index in [0.717, 1.165) is 59.3 Å². The van der Waals surface area contributed by atoms with Crippen molar-refractivity contribution in [2.45, 2.75) is 38.6 Å². The Balaban J connectivity index is 1.48. The van der Waals surface area contributed by atoms with Crippen molar-refractivity contribution in [3.8, 4) is 22.8 Å². The quantitative estimate of drug-likeness (QED) is 0.408. The number of benzene rings is 2. The van der Waals surface area contributed by atoms with Gasteiger partial charge in [0.2, 0.25) is 0 Å². The van der Waals surface area contributed by atoms with Gasteiger partial charge < -0.3 is 15.3 Å². The van der Waals surface area contributed by atoms with Crippen molar-refractivity contribution in [1.82, 2.24) is 19.7 Å². The Bertz CT molecular complexity index is 1240. The van der Waals surface area contributed by atoms with Crippen molar-refractivity contribution in [3.05, 3.63) is 60.9 Å². The minimum Gasteiger partial charge on any atom is -0.457 e. The largest absolute Gasteiger partial charge is 0.457 e. The van der Waals surface area contributed by atoms with Gasteiger partial charge in [-0.15, -0.1) is 0 Å². The van der Waals surface area contributed by atoms with Gasteiger partial charge in [-0.25, -0.2) is 14.6 Å². The minimum absolute atomic E-state index is 0.0693. The van der Waals surface area contributed by atoms with Gasteiger partial charge >= 0.3 is 0 Å². The monoisotopic (exact) mass is 427 g/mol. The standard InChI is InChI=1S/C25H25N5O2/c1-2-25(12-13-31)14-18(15-25)30-24-21(23(26)27-16-28-24)22(29-30)17-8-10-20(11-9-17)32-19-6-4-3-5-7-19/h3-11,13,16,18H,2,12,14-15H2,1H3,(H2,26,27,28). The SMILES string of the molecule is CCC1(CC=O)CC(n2nc(-c3ccc(Oc4ccccc4)cc3)c3c(N)ncnc32)C1. The van der Waals surface area contributed by atoms with Crippen LogP contribution in [-0.2, 0) is 4.79 Å². The first kappa shape index (κ1) is 20.2. The lowest BCUT2D eigenvalue weighted by Crippen LogP contribution is -2.39. The molecule has 0 aliphatic heterocycles. The van der Waals surface area contributed by atoms with Gasteiger partial charge in [-0.1, -0.05) is 25.1 Å². The van der Waals surface area contributed by atoms with Crippen molar-refractivity contribution in [3.63, 3.8) is 0 Å². The summed E-state index contributed by atoms with van der Waals surface area (Å²) >= 11 is 0. The van der Waals surface area contributed by atoms with Crippen molar-refractivity contribution in [1.29, 1.82) is 0 Å². The van der Waals surface area contributed by atoms with E-state index >= 15 is 0 Å². The molecule has 1 aliphatic carbocycles. The number of nitrogens with two attached hydrogens (primary N) is 1. The number of para-hydroxylation sites is 1. The highest BCUT2D eigenvalue weighted by Gasteiger charge is 2.44. The van der Waals surface area contributed by atoms with Crippen LogP contribution >= 0.6 is 0 Å². The third-order valence-corrected chi connectivity index (χ3v) is 6.57. The molecule has 7 nitrogen and oxygen atoms in total. The van der Waals surface area contributed by atoms with Crippen LogP contribution in [0.4, 0.5) is 5.82 Å². The highest BCUT2D eigenvalue weighted by Crippen LogP contribution is 2.53. The number of carbonyl (C=O) groups is 1. The predicted molar refractivity (Wildman–Crippen MR) is 123 cm³/mol. The van der Waals surface area contributed by atoms with Gasteiger partial charge in [-0.3, -0.25) is 0 Å². The molecule has 2 aromatic heterocycles. The average Bonchev–Trinajstić information content (AvgIpc) is 3.18. The van der Waals surface area contributed by atoms with E-state index in [0.29, 0.717) is 12.2 Å². The number of aromatic nitrogens is 4.